The maximum atomic E-state index is 12.5. The number of rotatable bonds is 6. The third-order valence-electron chi connectivity index (χ3n) is 3.69. The van der Waals surface area contributed by atoms with Crippen LogP contribution in [0.2, 0.25) is 0 Å². The van der Waals surface area contributed by atoms with E-state index in [2.05, 4.69) is 6.07 Å². The SMILES string of the molecule is CCCC(C)OC(=O)C(C#N)=C(c1ccccc1)c1ccccc1. The van der Waals surface area contributed by atoms with Crippen LogP contribution in [0.25, 0.3) is 5.57 Å². The second-order valence-corrected chi connectivity index (χ2v) is 5.60. The van der Waals surface area contributed by atoms with Crippen LogP contribution in [-0.4, -0.2) is 12.1 Å². The lowest BCUT2D eigenvalue weighted by molar-refractivity contribution is -0.143. The molecule has 3 nitrogen and oxygen atoms in total. The van der Waals surface area contributed by atoms with Gasteiger partial charge in [-0.1, -0.05) is 74.0 Å². The zero-order valence-electron chi connectivity index (χ0n) is 14.0. The average molecular weight is 319 g/mol. The average Bonchev–Trinajstić information content (AvgIpc) is 2.61. The molecule has 2 rings (SSSR count). The van der Waals surface area contributed by atoms with E-state index < -0.39 is 5.97 Å². The van der Waals surface area contributed by atoms with Crippen molar-refractivity contribution in [2.45, 2.75) is 32.8 Å². The summed E-state index contributed by atoms with van der Waals surface area (Å²) in [6.45, 7) is 3.88. The number of hydrogen-bond donors (Lipinski definition) is 0. The second kappa shape index (κ2) is 8.69. The molecule has 0 N–H and O–H groups in total. The standard InChI is InChI=1S/C21H21NO2/c1-3-10-16(2)24-21(23)19(15-22)20(17-11-6-4-7-12-17)18-13-8-5-9-14-18/h4-9,11-14,16H,3,10H2,1-2H3. The first-order valence-electron chi connectivity index (χ1n) is 8.13. The third-order valence-corrected chi connectivity index (χ3v) is 3.69. The lowest BCUT2D eigenvalue weighted by Crippen LogP contribution is -2.17. The highest BCUT2D eigenvalue weighted by Crippen LogP contribution is 2.27. The molecule has 1 unspecified atom stereocenters. The molecule has 3 heteroatoms. The van der Waals surface area contributed by atoms with Crippen LogP contribution >= 0.6 is 0 Å². The number of ether oxygens (including phenoxy) is 1. The van der Waals surface area contributed by atoms with E-state index in [1.54, 1.807) is 0 Å². The Morgan fingerprint density at radius 1 is 1.04 bits per heavy atom. The maximum Gasteiger partial charge on any atom is 0.349 e. The van der Waals surface area contributed by atoms with Gasteiger partial charge in [0.1, 0.15) is 11.6 Å². The Hall–Kier alpha value is -2.86. The van der Waals surface area contributed by atoms with Gasteiger partial charge < -0.3 is 4.74 Å². The van der Waals surface area contributed by atoms with Crippen LogP contribution in [0.5, 0.6) is 0 Å². The predicted molar refractivity (Wildman–Crippen MR) is 95.0 cm³/mol. The highest BCUT2D eigenvalue weighted by Gasteiger charge is 2.21. The lowest BCUT2D eigenvalue weighted by atomic mass is 9.93. The molecule has 0 aliphatic heterocycles. The minimum atomic E-state index is -0.568. The Labute approximate surface area is 143 Å². The van der Waals surface area contributed by atoms with Crippen molar-refractivity contribution in [1.82, 2.24) is 0 Å². The molecule has 0 heterocycles. The summed E-state index contributed by atoms with van der Waals surface area (Å²) in [4.78, 5) is 12.5. The summed E-state index contributed by atoms with van der Waals surface area (Å²) in [7, 11) is 0. The van der Waals surface area contributed by atoms with Crippen LogP contribution in [0.3, 0.4) is 0 Å². The summed E-state index contributed by atoms with van der Waals surface area (Å²) in [6.07, 6.45) is 1.49. The number of carbonyl (C=O) groups is 1. The number of nitrogens with zero attached hydrogens (tertiary/aromatic N) is 1. The third kappa shape index (κ3) is 4.33. The van der Waals surface area contributed by atoms with Crippen LogP contribution in [0, 0.1) is 11.3 Å². The molecule has 2 aromatic rings. The molecule has 0 saturated carbocycles. The molecule has 24 heavy (non-hydrogen) atoms. The summed E-state index contributed by atoms with van der Waals surface area (Å²) in [5.41, 5.74) is 2.28. The lowest BCUT2D eigenvalue weighted by Gasteiger charge is -2.15. The molecule has 122 valence electrons. The van der Waals surface area contributed by atoms with Gasteiger partial charge in [-0.25, -0.2) is 4.79 Å². The summed E-state index contributed by atoms with van der Waals surface area (Å²) >= 11 is 0. The van der Waals surface area contributed by atoms with Crippen LogP contribution in [-0.2, 0) is 9.53 Å². The molecule has 2 aromatic carbocycles. The van der Waals surface area contributed by atoms with Gasteiger partial charge in [0.15, 0.2) is 0 Å². The van der Waals surface area contributed by atoms with Gasteiger partial charge in [0, 0.05) is 5.57 Å². The Kier molecular flexibility index (Phi) is 6.33. The normalized spacial score (nSPS) is 11.2. The van der Waals surface area contributed by atoms with E-state index >= 15 is 0 Å². The number of benzene rings is 2. The van der Waals surface area contributed by atoms with E-state index in [0.29, 0.717) is 5.57 Å². The summed E-state index contributed by atoms with van der Waals surface area (Å²) < 4.78 is 5.45. The monoisotopic (exact) mass is 319 g/mol. The highest BCUT2D eigenvalue weighted by atomic mass is 16.5. The fraction of sp³-hybridized carbons (Fsp3) is 0.238. The first-order chi connectivity index (χ1) is 11.7. The number of hydrogen-bond acceptors (Lipinski definition) is 3. The molecule has 0 bridgehead atoms. The largest absolute Gasteiger partial charge is 0.459 e. The van der Waals surface area contributed by atoms with Gasteiger partial charge in [-0.05, 0) is 24.5 Å². The number of nitriles is 1. The van der Waals surface area contributed by atoms with Gasteiger partial charge in [-0.3, -0.25) is 0 Å². The Bertz CT molecular complexity index is 701. The van der Waals surface area contributed by atoms with Gasteiger partial charge >= 0.3 is 5.97 Å². The van der Waals surface area contributed by atoms with E-state index in [9.17, 15) is 10.1 Å². The maximum absolute atomic E-state index is 12.5. The van der Waals surface area contributed by atoms with Crippen molar-refractivity contribution in [3.8, 4) is 6.07 Å². The van der Waals surface area contributed by atoms with E-state index in [0.717, 1.165) is 24.0 Å². The Balaban J connectivity index is 2.52. The van der Waals surface area contributed by atoms with Crippen molar-refractivity contribution in [3.63, 3.8) is 0 Å². The molecule has 0 aliphatic carbocycles. The van der Waals surface area contributed by atoms with Crippen LogP contribution in [0.1, 0.15) is 37.8 Å². The van der Waals surface area contributed by atoms with Crippen LogP contribution in [0.4, 0.5) is 0 Å². The minimum Gasteiger partial charge on any atom is -0.459 e. The van der Waals surface area contributed by atoms with Crippen molar-refractivity contribution in [3.05, 3.63) is 77.4 Å². The van der Waals surface area contributed by atoms with Crippen molar-refractivity contribution in [2.24, 2.45) is 0 Å². The van der Waals surface area contributed by atoms with Crippen molar-refractivity contribution in [2.75, 3.05) is 0 Å². The van der Waals surface area contributed by atoms with Gasteiger partial charge in [0.25, 0.3) is 0 Å². The Morgan fingerprint density at radius 2 is 1.54 bits per heavy atom. The number of carbonyl (C=O) groups excluding carboxylic acids is 1. The second-order valence-electron chi connectivity index (χ2n) is 5.60. The van der Waals surface area contributed by atoms with E-state index in [1.807, 2.05) is 74.5 Å². The molecular formula is C21H21NO2. The topological polar surface area (TPSA) is 50.1 Å². The smallest absolute Gasteiger partial charge is 0.349 e. The molecule has 0 spiro atoms. The van der Waals surface area contributed by atoms with E-state index in [-0.39, 0.29) is 11.7 Å². The molecule has 0 fully saturated rings. The Morgan fingerprint density at radius 3 is 1.96 bits per heavy atom. The van der Waals surface area contributed by atoms with Gasteiger partial charge in [-0.15, -0.1) is 0 Å². The van der Waals surface area contributed by atoms with Crippen LogP contribution < -0.4 is 0 Å². The zero-order chi connectivity index (χ0) is 17.4. The first-order valence-corrected chi connectivity index (χ1v) is 8.13. The van der Waals surface area contributed by atoms with Gasteiger partial charge in [0.2, 0.25) is 0 Å². The molecule has 0 aliphatic rings. The molecule has 1 atom stereocenters. The molecule has 0 amide bonds. The zero-order valence-corrected chi connectivity index (χ0v) is 14.0. The van der Waals surface area contributed by atoms with E-state index in [1.165, 1.54) is 0 Å². The summed E-state index contributed by atoms with van der Waals surface area (Å²) in [5, 5.41) is 9.62. The van der Waals surface area contributed by atoms with Gasteiger partial charge in [-0.2, -0.15) is 5.26 Å². The van der Waals surface area contributed by atoms with Gasteiger partial charge in [0.05, 0.1) is 6.10 Å². The minimum absolute atomic E-state index is 0.0374. The molecular weight excluding hydrogens is 298 g/mol. The fourth-order valence-electron chi connectivity index (χ4n) is 2.58. The predicted octanol–water partition coefficient (Wildman–Crippen LogP) is 4.74. The van der Waals surface area contributed by atoms with Crippen LogP contribution in [0.15, 0.2) is 66.2 Å². The molecule has 0 saturated heterocycles. The summed E-state index contributed by atoms with van der Waals surface area (Å²) in [6, 6.07) is 21.0. The van der Waals surface area contributed by atoms with Crippen molar-refractivity contribution >= 4 is 11.5 Å². The summed E-state index contributed by atoms with van der Waals surface area (Å²) in [5.74, 6) is -0.568. The van der Waals surface area contributed by atoms with E-state index in [4.69, 9.17) is 4.74 Å². The fourth-order valence-corrected chi connectivity index (χ4v) is 2.58. The first kappa shape index (κ1) is 17.5. The molecule has 0 radical (unpaired) electrons. The number of esters is 1. The van der Waals surface area contributed by atoms with Crippen molar-refractivity contribution < 1.29 is 9.53 Å². The molecule has 0 aromatic heterocycles. The quantitative estimate of drug-likeness (QED) is 0.439. The van der Waals surface area contributed by atoms with Crippen molar-refractivity contribution in [1.29, 1.82) is 5.26 Å². The highest BCUT2D eigenvalue weighted by molar-refractivity contribution is 6.05.